The number of piperazine rings is 1. The molecule has 27 heavy (non-hydrogen) atoms. The highest BCUT2D eigenvalue weighted by atomic mass is 32.2. The summed E-state index contributed by atoms with van der Waals surface area (Å²) in [6.45, 7) is 3.85. The van der Waals surface area contributed by atoms with E-state index in [0.29, 0.717) is 32.8 Å². The fraction of sp³-hybridized carbons (Fsp3) is 0.412. The van der Waals surface area contributed by atoms with E-state index in [4.69, 9.17) is 9.15 Å². The molecule has 0 unspecified atom stereocenters. The molecule has 0 saturated carbocycles. The van der Waals surface area contributed by atoms with E-state index in [0.717, 1.165) is 11.8 Å². The summed E-state index contributed by atoms with van der Waals surface area (Å²) in [6.07, 6.45) is -0.356. The second-order valence-corrected chi connectivity index (χ2v) is 6.63. The van der Waals surface area contributed by atoms with Gasteiger partial charge in [-0.1, -0.05) is 23.9 Å². The number of hydrogen-bond acceptors (Lipinski definition) is 7. The van der Waals surface area contributed by atoms with Crippen LogP contribution in [-0.2, 0) is 9.53 Å². The Labute approximate surface area is 159 Å². The van der Waals surface area contributed by atoms with Crippen molar-refractivity contribution in [3.05, 3.63) is 30.1 Å². The van der Waals surface area contributed by atoms with Crippen LogP contribution < -0.4 is 0 Å². The second-order valence-electron chi connectivity index (χ2n) is 5.71. The number of ether oxygens (including phenoxy) is 1. The van der Waals surface area contributed by atoms with Crippen molar-refractivity contribution in [2.75, 3.05) is 38.5 Å². The number of amides is 2. The molecule has 0 N–H and O–H groups in total. The van der Waals surface area contributed by atoms with Gasteiger partial charge in [-0.3, -0.25) is 4.79 Å². The number of nitrogens with zero attached hydrogens (tertiary/aromatic N) is 4. The van der Waals surface area contributed by atoms with Crippen molar-refractivity contribution in [1.82, 2.24) is 20.0 Å². The molecular formula is C17H19FN4O4S. The second kappa shape index (κ2) is 8.85. The first kappa shape index (κ1) is 19.2. The van der Waals surface area contributed by atoms with Gasteiger partial charge >= 0.3 is 6.09 Å². The van der Waals surface area contributed by atoms with Gasteiger partial charge in [0.05, 0.1) is 17.9 Å². The molecule has 1 aromatic carbocycles. The summed E-state index contributed by atoms with van der Waals surface area (Å²) < 4.78 is 24.1. The van der Waals surface area contributed by atoms with E-state index in [9.17, 15) is 14.0 Å². The van der Waals surface area contributed by atoms with Gasteiger partial charge in [0.15, 0.2) is 0 Å². The Kier molecular flexibility index (Phi) is 6.28. The van der Waals surface area contributed by atoms with Crippen LogP contribution in [-0.4, -0.2) is 70.5 Å². The molecule has 2 aromatic rings. The minimum Gasteiger partial charge on any atom is -0.450 e. The summed E-state index contributed by atoms with van der Waals surface area (Å²) in [5.74, 6) is -0.341. The third kappa shape index (κ3) is 4.76. The Morgan fingerprint density at radius 1 is 1.19 bits per heavy atom. The Balaban J connectivity index is 1.49. The smallest absolute Gasteiger partial charge is 0.409 e. The van der Waals surface area contributed by atoms with Crippen LogP contribution in [0.4, 0.5) is 9.18 Å². The van der Waals surface area contributed by atoms with E-state index in [2.05, 4.69) is 10.2 Å². The van der Waals surface area contributed by atoms with Crippen LogP contribution in [0.2, 0.25) is 0 Å². The average molecular weight is 394 g/mol. The number of rotatable bonds is 5. The van der Waals surface area contributed by atoms with Gasteiger partial charge in [-0.05, 0) is 19.1 Å². The number of benzene rings is 1. The third-order valence-electron chi connectivity index (χ3n) is 3.99. The number of hydrogen-bond donors (Lipinski definition) is 0. The molecule has 1 aliphatic rings. The van der Waals surface area contributed by atoms with Crippen molar-refractivity contribution in [3.63, 3.8) is 0 Å². The number of carbonyl (C=O) groups is 2. The first-order valence-corrected chi connectivity index (χ1v) is 9.47. The molecule has 2 heterocycles. The monoisotopic (exact) mass is 394 g/mol. The molecule has 0 bridgehead atoms. The Hall–Kier alpha value is -2.62. The van der Waals surface area contributed by atoms with E-state index in [1.165, 1.54) is 6.07 Å². The lowest BCUT2D eigenvalue weighted by atomic mass is 10.2. The van der Waals surface area contributed by atoms with E-state index in [1.807, 2.05) is 0 Å². The zero-order valence-corrected chi connectivity index (χ0v) is 15.6. The summed E-state index contributed by atoms with van der Waals surface area (Å²) in [6, 6.07) is 6.11. The van der Waals surface area contributed by atoms with Gasteiger partial charge in [0, 0.05) is 26.2 Å². The van der Waals surface area contributed by atoms with Crippen molar-refractivity contribution in [3.8, 4) is 11.5 Å². The largest absolute Gasteiger partial charge is 0.450 e. The van der Waals surface area contributed by atoms with Gasteiger partial charge in [-0.15, -0.1) is 10.2 Å². The molecular weight excluding hydrogens is 375 g/mol. The van der Waals surface area contributed by atoms with Crippen LogP contribution >= 0.6 is 11.8 Å². The molecule has 1 fully saturated rings. The first-order chi connectivity index (χ1) is 13.1. The molecule has 0 spiro atoms. The maximum absolute atomic E-state index is 13.7. The number of thioether (sulfide) groups is 1. The standard InChI is InChI=1S/C17H19FN4O4S/c1-2-25-17(24)22-9-7-21(8-10-22)14(23)11-27-16-20-19-15(26-16)12-5-3-4-6-13(12)18/h3-6H,2,7-11H2,1H3. The van der Waals surface area contributed by atoms with Crippen LogP contribution in [0.25, 0.3) is 11.5 Å². The quantitative estimate of drug-likeness (QED) is 0.719. The molecule has 1 aromatic heterocycles. The summed E-state index contributed by atoms with van der Waals surface area (Å²) in [5.41, 5.74) is 0.221. The normalized spacial score (nSPS) is 14.3. The van der Waals surface area contributed by atoms with Gasteiger partial charge in [0.1, 0.15) is 5.82 Å². The van der Waals surface area contributed by atoms with Gasteiger partial charge < -0.3 is 19.0 Å². The molecule has 2 amide bonds. The Bertz CT molecular complexity index is 808. The van der Waals surface area contributed by atoms with Crippen molar-refractivity contribution < 1.29 is 23.1 Å². The van der Waals surface area contributed by atoms with Crippen LogP contribution in [0, 0.1) is 5.82 Å². The predicted molar refractivity (Wildman–Crippen MR) is 95.6 cm³/mol. The minimum atomic E-state index is -0.451. The molecule has 1 saturated heterocycles. The molecule has 1 aliphatic heterocycles. The summed E-state index contributed by atoms with van der Waals surface area (Å²) >= 11 is 1.10. The van der Waals surface area contributed by atoms with Crippen molar-refractivity contribution >= 4 is 23.8 Å². The predicted octanol–water partition coefficient (Wildman–Crippen LogP) is 2.27. The minimum absolute atomic E-state index is 0.0751. The highest BCUT2D eigenvalue weighted by Crippen LogP contribution is 2.25. The fourth-order valence-electron chi connectivity index (χ4n) is 2.58. The maximum atomic E-state index is 13.7. The number of carbonyl (C=O) groups excluding carboxylic acids is 2. The van der Waals surface area contributed by atoms with Gasteiger partial charge in [0.25, 0.3) is 11.1 Å². The molecule has 0 radical (unpaired) electrons. The zero-order valence-electron chi connectivity index (χ0n) is 14.8. The van der Waals surface area contributed by atoms with Crippen LogP contribution in [0.5, 0.6) is 0 Å². The summed E-state index contributed by atoms with van der Waals surface area (Å²) in [7, 11) is 0. The highest BCUT2D eigenvalue weighted by molar-refractivity contribution is 7.99. The average Bonchev–Trinajstić information content (AvgIpc) is 3.15. The molecule has 0 aliphatic carbocycles. The first-order valence-electron chi connectivity index (χ1n) is 8.49. The van der Waals surface area contributed by atoms with E-state index in [-0.39, 0.29) is 34.4 Å². The maximum Gasteiger partial charge on any atom is 0.409 e. The van der Waals surface area contributed by atoms with E-state index in [1.54, 1.807) is 34.9 Å². The third-order valence-corrected chi connectivity index (χ3v) is 4.79. The summed E-state index contributed by atoms with van der Waals surface area (Å²) in [4.78, 5) is 27.3. The van der Waals surface area contributed by atoms with Gasteiger partial charge in [-0.2, -0.15) is 0 Å². The van der Waals surface area contributed by atoms with Crippen LogP contribution in [0.3, 0.4) is 0 Å². The van der Waals surface area contributed by atoms with Gasteiger partial charge in [0.2, 0.25) is 5.91 Å². The fourth-order valence-corrected chi connectivity index (χ4v) is 3.25. The van der Waals surface area contributed by atoms with Gasteiger partial charge in [-0.25, -0.2) is 9.18 Å². The lowest BCUT2D eigenvalue weighted by Gasteiger charge is -2.33. The highest BCUT2D eigenvalue weighted by Gasteiger charge is 2.25. The topological polar surface area (TPSA) is 88.8 Å². The lowest BCUT2D eigenvalue weighted by Crippen LogP contribution is -2.51. The molecule has 8 nitrogen and oxygen atoms in total. The molecule has 10 heteroatoms. The zero-order chi connectivity index (χ0) is 19.2. The summed E-state index contributed by atoms with van der Waals surface area (Å²) in [5, 5.41) is 7.87. The number of aromatic nitrogens is 2. The van der Waals surface area contributed by atoms with Crippen LogP contribution in [0.15, 0.2) is 33.9 Å². The molecule has 3 rings (SSSR count). The number of halogens is 1. The SMILES string of the molecule is CCOC(=O)N1CCN(C(=O)CSc2nnc(-c3ccccc3F)o2)CC1. The van der Waals surface area contributed by atoms with E-state index >= 15 is 0 Å². The van der Waals surface area contributed by atoms with E-state index < -0.39 is 5.82 Å². The van der Waals surface area contributed by atoms with Crippen molar-refractivity contribution in [2.45, 2.75) is 12.1 Å². The molecule has 0 atom stereocenters. The van der Waals surface area contributed by atoms with Crippen LogP contribution in [0.1, 0.15) is 6.92 Å². The van der Waals surface area contributed by atoms with Crippen molar-refractivity contribution in [1.29, 1.82) is 0 Å². The lowest BCUT2D eigenvalue weighted by molar-refractivity contribution is -0.129. The Morgan fingerprint density at radius 2 is 1.89 bits per heavy atom. The Morgan fingerprint density at radius 3 is 2.59 bits per heavy atom. The van der Waals surface area contributed by atoms with Crippen molar-refractivity contribution in [2.24, 2.45) is 0 Å². The molecule has 144 valence electrons.